The lowest BCUT2D eigenvalue weighted by atomic mass is 10.1. The number of tetrazole rings is 1. The Bertz CT molecular complexity index is 746. The van der Waals surface area contributed by atoms with Crippen molar-refractivity contribution < 1.29 is 14.0 Å². The highest BCUT2D eigenvalue weighted by Crippen LogP contribution is 2.17. The predicted octanol–water partition coefficient (Wildman–Crippen LogP) is 0.401. The first-order valence-electron chi connectivity index (χ1n) is 7.27. The molecule has 0 spiro atoms. The van der Waals surface area contributed by atoms with Crippen molar-refractivity contribution in [2.75, 3.05) is 26.2 Å². The van der Waals surface area contributed by atoms with Crippen molar-refractivity contribution in [3.63, 3.8) is 0 Å². The van der Waals surface area contributed by atoms with Gasteiger partial charge < -0.3 is 9.80 Å². The van der Waals surface area contributed by atoms with E-state index in [9.17, 15) is 14.0 Å². The molecule has 2 aromatic rings. The van der Waals surface area contributed by atoms with Gasteiger partial charge in [0.15, 0.2) is 0 Å². The Morgan fingerprint density at radius 1 is 1.17 bits per heavy atom. The molecule has 0 bridgehead atoms. The van der Waals surface area contributed by atoms with Crippen molar-refractivity contribution in [2.24, 2.45) is 0 Å². The van der Waals surface area contributed by atoms with Gasteiger partial charge in [-0.15, -0.1) is 5.10 Å². The van der Waals surface area contributed by atoms with E-state index in [0.717, 1.165) is 0 Å². The predicted molar refractivity (Wildman–Crippen MR) is 89.4 cm³/mol. The smallest absolute Gasteiger partial charge is 0.255 e. The zero-order valence-electron chi connectivity index (χ0n) is 12.6. The normalized spacial score (nSPS) is 14.8. The molecule has 3 rings (SSSR count). The van der Waals surface area contributed by atoms with Crippen LogP contribution >= 0.6 is 22.6 Å². The van der Waals surface area contributed by atoms with Crippen LogP contribution in [0.15, 0.2) is 24.5 Å². The van der Waals surface area contributed by atoms with E-state index in [-0.39, 0.29) is 24.2 Å². The molecular formula is C14H14FIN6O2. The van der Waals surface area contributed by atoms with E-state index in [1.54, 1.807) is 9.80 Å². The first-order chi connectivity index (χ1) is 11.5. The maximum Gasteiger partial charge on any atom is 0.255 e. The van der Waals surface area contributed by atoms with E-state index in [0.29, 0.717) is 35.3 Å². The molecule has 1 aromatic carbocycles. The summed E-state index contributed by atoms with van der Waals surface area (Å²) in [6, 6.07) is 4.11. The van der Waals surface area contributed by atoms with Gasteiger partial charge in [-0.1, -0.05) is 0 Å². The average Bonchev–Trinajstić information content (AvgIpc) is 3.07. The maximum absolute atomic E-state index is 13.2. The largest absolute Gasteiger partial charge is 0.338 e. The van der Waals surface area contributed by atoms with Gasteiger partial charge in [0.2, 0.25) is 5.91 Å². The second kappa shape index (κ2) is 7.20. The zero-order chi connectivity index (χ0) is 17.1. The molecule has 1 aromatic heterocycles. The highest BCUT2D eigenvalue weighted by atomic mass is 127. The van der Waals surface area contributed by atoms with Crippen molar-refractivity contribution in [3.8, 4) is 0 Å². The Hall–Kier alpha value is -2.11. The SMILES string of the molecule is O=C(Cn1cnnn1)N1CCN(C(=O)c2ccc(F)cc2I)CC1. The molecule has 2 heterocycles. The van der Waals surface area contributed by atoms with Crippen molar-refractivity contribution in [2.45, 2.75) is 6.54 Å². The monoisotopic (exact) mass is 444 g/mol. The van der Waals surface area contributed by atoms with Crippen LogP contribution in [0, 0.1) is 9.39 Å². The van der Waals surface area contributed by atoms with Crippen LogP contribution in [0.2, 0.25) is 0 Å². The van der Waals surface area contributed by atoms with E-state index >= 15 is 0 Å². The lowest BCUT2D eigenvalue weighted by molar-refractivity contribution is -0.133. The summed E-state index contributed by atoms with van der Waals surface area (Å²) >= 11 is 1.95. The molecular weight excluding hydrogens is 430 g/mol. The number of aromatic nitrogens is 4. The molecule has 126 valence electrons. The number of nitrogens with zero attached hydrogens (tertiary/aromatic N) is 6. The molecule has 0 aliphatic carbocycles. The fourth-order valence-corrected chi connectivity index (χ4v) is 3.19. The van der Waals surface area contributed by atoms with Gasteiger partial charge in [0.1, 0.15) is 18.7 Å². The standard InChI is InChI=1S/C14H14FIN6O2/c15-10-1-2-11(12(16)7-10)14(24)21-5-3-20(4-6-21)13(23)8-22-9-17-18-19-22/h1-2,7,9H,3-6,8H2. The fraction of sp³-hybridized carbons (Fsp3) is 0.357. The zero-order valence-corrected chi connectivity index (χ0v) is 14.8. The summed E-state index contributed by atoms with van der Waals surface area (Å²) in [7, 11) is 0. The molecule has 10 heteroatoms. The molecule has 0 atom stereocenters. The minimum atomic E-state index is -0.367. The summed E-state index contributed by atoms with van der Waals surface area (Å²) in [6.07, 6.45) is 1.38. The van der Waals surface area contributed by atoms with Gasteiger partial charge in [0, 0.05) is 29.7 Å². The van der Waals surface area contributed by atoms with Gasteiger partial charge >= 0.3 is 0 Å². The Morgan fingerprint density at radius 2 is 1.88 bits per heavy atom. The summed E-state index contributed by atoms with van der Waals surface area (Å²) in [4.78, 5) is 28.1. The van der Waals surface area contributed by atoms with Crippen LogP contribution in [0.4, 0.5) is 4.39 Å². The summed E-state index contributed by atoms with van der Waals surface area (Å²) in [6.45, 7) is 1.85. The van der Waals surface area contributed by atoms with Crippen LogP contribution in [0.5, 0.6) is 0 Å². The lowest BCUT2D eigenvalue weighted by Crippen LogP contribution is -2.51. The maximum atomic E-state index is 13.2. The summed E-state index contributed by atoms with van der Waals surface area (Å²) in [5.41, 5.74) is 0.477. The Kier molecular flexibility index (Phi) is 5.02. The first-order valence-corrected chi connectivity index (χ1v) is 8.35. The molecule has 1 fully saturated rings. The molecule has 0 unspecified atom stereocenters. The highest BCUT2D eigenvalue weighted by molar-refractivity contribution is 14.1. The fourth-order valence-electron chi connectivity index (χ4n) is 2.48. The van der Waals surface area contributed by atoms with E-state index < -0.39 is 0 Å². The molecule has 0 N–H and O–H groups in total. The van der Waals surface area contributed by atoms with E-state index in [1.807, 2.05) is 22.6 Å². The molecule has 1 aliphatic rings. The molecule has 8 nitrogen and oxygen atoms in total. The quantitative estimate of drug-likeness (QED) is 0.641. The minimum absolute atomic E-state index is 0.0802. The van der Waals surface area contributed by atoms with Gasteiger partial charge in [-0.3, -0.25) is 9.59 Å². The third-order valence-electron chi connectivity index (χ3n) is 3.77. The topological polar surface area (TPSA) is 84.2 Å². The number of carbonyl (C=O) groups excluding carboxylic acids is 2. The summed E-state index contributed by atoms with van der Waals surface area (Å²) < 4.78 is 15.1. The third-order valence-corrected chi connectivity index (χ3v) is 4.66. The summed E-state index contributed by atoms with van der Waals surface area (Å²) in [5.74, 6) is -0.605. The Morgan fingerprint density at radius 3 is 2.50 bits per heavy atom. The second-order valence-electron chi connectivity index (χ2n) is 5.30. The van der Waals surface area contributed by atoms with Crippen LogP contribution in [0.25, 0.3) is 0 Å². The van der Waals surface area contributed by atoms with E-state index in [4.69, 9.17) is 0 Å². The second-order valence-corrected chi connectivity index (χ2v) is 6.47. The van der Waals surface area contributed by atoms with Crippen LogP contribution < -0.4 is 0 Å². The van der Waals surface area contributed by atoms with Gasteiger partial charge in [-0.05, 0) is 51.2 Å². The van der Waals surface area contributed by atoms with Crippen molar-refractivity contribution in [1.29, 1.82) is 0 Å². The Labute approximate surface area is 150 Å². The number of piperazine rings is 1. The number of benzene rings is 1. The number of hydrogen-bond acceptors (Lipinski definition) is 5. The number of halogens is 2. The average molecular weight is 444 g/mol. The van der Waals surface area contributed by atoms with Crippen LogP contribution in [0.1, 0.15) is 10.4 Å². The van der Waals surface area contributed by atoms with Gasteiger partial charge in [-0.2, -0.15) is 0 Å². The molecule has 2 amide bonds. The Balaban J connectivity index is 1.58. The van der Waals surface area contributed by atoms with E-state index in [2.05, 4.69) is 15.5 Å². The van der Waals surface area contributed by atoms with Crippen molar-refractivity contribution in [3.05, 3.63) is 39.5 Å². The molecule has 0 radical (unpaired) electrons. The number of carbonyl (C=O) groups is 2. The minimum Gasteiger partial charge on any atom is -0.338 e. The van der Waals surface area contributed by atoms with Gasteiger partial charge in [0.05, 0.1) is 5.56 Å². The summed E-state index contributed by atoms with van der Waals surface area (Å²) in [5, 5.41) is 10.6. The van der Waals surface area contributed by atoms with Gasteiger partial charge in [0.25, 0.3) is 5.91 Å². The molecule has 1 saturated heterocycles. The van der Waals surface area contributed by atoms with Crippen LogP contribution in [-0.4, -0.2) is 68.0 Å². The number of rotatable bonds is 3. The third kappa shape index (κ3) is 3.68. The van der Waals surface area contributed by atoms with Crippen molar-refractivity contribution in [1.82, 2.24) is 30.0 Å². The number of hydrogen-bond donors (Lipinski definition) is 0. The van der Waals surface area contributed by atoms with Gasteiger partial charge in [-0.25, -0.2) is 9.07 Å². The van der Waals surface area contributed by atoms with Crippen LogP contribution in [0.3, 0.4) is 0 Å². The number of amides is 2. The van der Waals surface area contributed by atoms with Crippen LogP contribution in [-0.2, 0) is 11.3 Å². The molecule has 0 saturated carbocycles. The van der Waals surface area contributed by atoms with Crippen molar-refractivity contribution >= 4 is 34.4 Å². The van der Waals surface area contributed by atoms with E-state index in [1.165, 1.54) is 29.2 Å². The molecule has 24 heavy (non-hydrogen) atoms. The molecule has 1 aliphatic heterocycles. The first kappa shape index (κ1) is 16.7. The highest BCUT2D eigenvalue weighted by Gasteiger charge is 2.26. The lowest BCUT2D eigenvalue weighted by Gasteiger charge is -2.34.